The molecule has 0 unspecified atom stereocenters. The average Bonchev–Trinajstić information content (AvgIpc) is 2.67. The van der Waals surface area contributed by atoms with E-state index in [2.05, 4.69) is 5.32 Å². The van der Waals surface area contributed by atoms with Gasteiger partial charge in [-0.15, -0.1) is 0 Å². The van der Waals surface area contributed by atoms with Gasteiger partial charge in [0.1, 0.15) is 0 Å². The maximum atomic E-state index is 12.7. The number of hydrogen-bond donors (Lipinski definition) is 1. The van der Waals surface area contributed by atoms with Gasteiger partial charge in [0.05, 0.1) is 4.90 Å². The van der Waals surface area contributed by atoms with Crippen LogP contribution in [0.5, 0.6) is 0 Å². The molecule has 1 aliphatic heterocycles. The molecule has 3 rings (SSSR count). The molecule has 2 aromatic carbocycles. The van der Waals surface area contributed by atoms with Crippen LogP contribution in [0, 0.1) is 6.92 Å². The molecule has 142 valence electrons. The zero-order valence-corrected chi connectivity index (χ0v) is 16.6. The summed E-state index contributed by atoms with van der Waals surface area (Å²) in [6.07, 6.45) is 2.05. The van der Waals surface area contributed by atoms with Gasteiger partial charge in [0.15, 0.2) is 0 Å². The van der Waals surface area contributed by atoms with Crippen molar-refractivity contribution in [2.75, 3.05) is 13.1 Å². The predicted octanol–water partition coefficient (Wildman–Crippen LogP) is 3.29. The number of carbonyl (C=O) groups excluding carboxylic acids is 1. The van der Waals surface area contributed by atoms with Gasteiger partial charge in [0, 0.05) is 30.2 Å². The zero-order chi connectivity index (χ0) is 19.4. The fourth-order valence-electron chi connectivity index (χ4n) is 2.87. The highest BCUT2D eigenvalue weighted by molar-refractivity contribution is 7.89. The van der Waals surface area contributed by atoms with E-state index in [-0.39, 0.29) is 23.9 Å². The van der Waals surface area contributed by atoms with E-state index in [1.807, 2.05) is 25.1 Å². The molecule has 2 aromatic rings. The molecule has 5 nitrogen and oxygen atoms in total. The summed E-state index contributed by atoms with van der Waals surface area (Å²) in [7, 11) is -3.55. The lowest BCUT2D eigenvalue weighted by atomic mass is 10.1. The van der Waals surface area contributed by atoms with Crippen LogP contribution in [0.3, 0.4) is 0 Å². The first-order valence-electron chi connectivity index (χ1n) is 8.65. The predicted molar refractivity (Wildman–Crippen MR) is 106 cm³/mol. The maximum Gasteiger partial charge on any atom is 0.247 e. The van der Waals surface area contributed by atoms with Crippen LogP contribution in [0.1, 0.15) is 17.5 Å². The molecular weight excluding hydrogens is 384 g/mol. The van der Waals surface area contributed by atoms with E-state index in [9.17, 15) is 13.2 Å². The van der Waals surface area contributed by atoms with Crippen molar-refractivity contribution >= 4 is 27.5 Å². The second kappa shape index (κ2) is 8.25. The van der Waals surface area contributed by atoms with E-state index < -0.39 is 10.0 Å². The molecule has 1 N–H and O–H groups in total. The Bertz CT molecular complexity index is 969. The monoisotopic (exact) mass is 404 g/mol. The number of benzene rings is 2. The van der Waals surface area contributed by atoms with Crippen LogP contribution in [0.4, 0.5) is 0 Å². The first-order valence-corrected chi connectivity index (χ1v) is 10.5. The summed E-state index contributed by atoms with van der Waals surface area (Å²) in [5, 5.41) is 3.44. The van der Waals surface area contributed by atoms with E-state index in [0.29, 0.717) is 23.6 Å². The first kappa shape index (κ1) is 19.6. The number of rotatable bonds is 5. The van der Waals surface area contributed by atoms with Crippen molar-refractivity contribution in [2.24, 2.45) is 0 Å². The molecule has 1 aliphatic rings. The second-order valence-electron chi connectivity index (χ2n) is 6.43. The maximum absolute atomic E-state index is 12.7. The van der Waals surface area contributed by atoms with Gasteiger partial charge >= 0.3 is 0 Å². The Hall–Kier alpha value is -2.15. The molecule has 1 heterocycles. The van der Waals surface area contributed by atoms with Crippen LogP contribution < -0.4 is 5.32 Å². The number of hydrogen-bond acceptors (Lipinski definition) is 3. The summed E-state index contributed by atoms with van der Waals surface area (Å²) >= 11 is 6.09. The molecular formula is C20H21ClN2O3S. The number of nitrogens with zero attached hydrogens (tertiary/aromatic N) is 1. The van der Waals surface area contributed by atoms with Gasteiger partial charge in [0.2, 0.25) is 15.9 Å². The van der Waals surface area contributed by atoms with Crippen molar-refractivity contribution in [3.05, 3.63) is 76.3 Å². The zero-order valence-electron chi connectivity index (χ0n) is 15.0. The van der Waals surface area contributed by atoms with Gasteiger partial charge in [0.25, 0.3) is 0 Å². The lowest BCUT2D eigenvalue weighted by molar-refractivity contribution is -0.117. The van der Waals surface area contributed by atoms with Crippen LogP contribution in [-0.4, -0.2) is 31.7 Å². The molecule has 0 atom stereocenters. The minimum absolute atomic E-state index is 0.186. The van der Waals surface area contributed by atoms with Crippen LogP contribution >= 0.6 is 11.6 Å². The Labute approximate surface area is 164 Å². The molecule has 0 saturated carbocycles. The Morgan fingerprint density at radius 1 is 1.15 bits per heavy atom. The van der Waals surface area contributed by atoms with Gasteiger partial charge in [-0.05, 0) is 37.1 Å². The van der Waals surface area contributed by atoms with Crippen molar-refractivity contribution in [2.45, 2.75) is 24.8 Å². The van der Waals surface area contributed by atoms with E-state index in [0.717, 1.165) is 11.1 Å². The lowest BCUT2D eigenvalue weighted by Crippen LogP contribution is -2.37. The third-order valence-corrected chi connectivity index (χ3v) is 6.77. The summed E-state index contributed by atoms with van der Waals surface area (Å²) in [6.45, 7) is 2.71. The first-order chi connectivity index (χ1) is 12.9. The molecule has 7 heteroatoms. The van der Waals surface area contributed by atoms with Crippen molar-refractivity contribution in [1.29, 1.82) is 0 Å². The van der Waals surface area contributed by atoms with Gasteiger partial charge in [-0.2, -0.15) is 4.31 Å². The Morgan fingerprint density at radius 3 is 2.48 bits per heavy atom. The molecule has 0 radical (unpaired) electrons. The smallest absolute Gasteiger partial charge is 0.247 e. The number of aryl methyl sites for hydroxylation is 1. The van der Waals surface area contributed by atoms with Crippen molar-refractivity contribution in [1.82, 2.24) is 9.62 Å². The number of carbonyl (C=O) groups is 1. The van der Waals surface area contributed by atoms with Gasteiger partial charge in [-0.3, -0.25) is 4.79 Å². The number of nitrogens with one attached hydrogen (secondary N) is 1. The summed E-state index contributed by atoms with van der Waals surface area (Å²) in [4.78, 5) is 12.6. The van der Waals surface area contributed by atoms with E-state index >= 15 is 0 Å². The van der Waals surface area contributed by atoms with E-state index in [1.54, 1.807) is 36.4 Å². The molecule has 27 heavy (non-hydrogen) atoms. The topological polar surface area (TPSA) is 66.5 Å². The fourth-order valence-corrected chi connectivity index (χ4v) is 4.45. The molecule has 0 aliphatic carbocycles. The summed E-state index contributed by atoms with van der Waals surface area (Å²) in [5.74, 6) is -0.192. The molecule has 0 bridgehead atoms. The quantitative estimate of drug-likeness (QED) is 0.831. The second-order valence-corrected chi connectivity index (χ2v) is 8.77. The SMILES string of the molecule is Cc1ccc(S(=O)(=O)N2CC=C(C(=O)NCc3ccccc3Cl)CC2)cc1. The molecule has 0 fully saturated rings. The van der Waals surface area contributed by atoms with Crippen LogP contribution in [0.2, 0.25) is 5.02 Å². The lowest BCUT2D eigenvalue weighted by Gasteiger charge is -2.25. The summed E-state index contributed by atoms with van der Waals surface area (Å²) < 4.78 is 26.8. The highest BCUT2D eigenvalue weighted by Gasteiger charge is 2.27. The van der Waals surface area contributed by atoms with Crippen LogP contribution in [0.25, 0.3) is 0 Å². The van der Waals surface area contributed by atoms with Gasteiger partial charge < -0.3 is 5.32 Å². The van der Waals surface area contributed by atoms with E-state index in [4.69, 9.17) is 11.6 Å². The summed E-state index contributed by atoms with van der Waals surface area (Å²) in [6, 6.07) is 14.1. The minimum Gasteiger partial charge on any atom is -0.348 e. The standard InChI is InChI=1S/C20H21ClN2O3S/c1-15-6-8-18(9-7-15)27(25,26)23-12-10-16(11-13-23)20(24)22-14-17-4-2-3-5-19(17)21/h2-10H,11-14H2,1H3,(H,22,24). The Balaban J connectivity index is 1.63. The normalized spacial score (nSPS) is 15.3. The van der Waals surface area contributed by atoms with Crippen molar-refractivity contribution in [3.63, 3.8) is 0 Å². The van der Waals surface area contributed by atoms with Crippen molar-refractivity contribution < 1.29 is 13.2 Å². The average molecular weight is 405 g/mol. The highest BCUT2D eigenvalue weighted by Crippen LogP contribution is 2.21. The Morgan fingerprint density at radius 2 is 1.85 bits per heavy atom. The van der Waals surface area contributed by atoms with Gasteiger partial charge in [-0.25, -0.2) is 8.42 Å². The minimum atomic E-state index is -3.55. The van der Waals surface area contributed by atoms with Crippen molar-refractivity contribution in [3.8, 4) is 0 Å². The number of sulfonamides is 1. The highest BCUT2D eigenvalue weighted by atomic mass is 35.5. The Kier molecular flexibility index (Phi) is 5.99. The molecule has 0 saturated heterocycles. The molecule has 0 aromatic heterocycles. The van der Waals surface area contributed by atoms with Crippen LogP contribution in [0.15, 0.2) is 65.1 Å². The third kappa shape index (κ3) is 4.58. The molecule has 0 spiro atoms. The van der Waals surface area contributed by atoms with E-state index in [1.165, 1.54) is 4.31 Å². The number of amides is 1. The fraction of sp³-hybridized carbons (Fsp3) is 0.250. The molecule has 1 amide bonds. The van der Waals surface area contributed by atoms with Gasteiger partial charge in [-0.1, -0.05) is 53.6 Å². The summed E-state index contributed by atoms with van der Waals surface area (Å²) in [5.41, 5.74) is 2.44. The third-order valence-electron chi connectivity index (χ3n) is 4.52. The number of halogens is 1. The largest absolute Gasteiger partial charge is 0.348 e. The van der Waals surface area contributed by atoms with Crippen LogP contribution in [-0.2, 0) is 21.4 Å².